The molecule has 1 saturated heterocycles. The maximum atomic E-state index is 12.3. The molecule has 0 radical (unpaired) electrons. The number of benzene rings is 2. The summed E-state index contributed by atoms with van der Waals surface area (Å²) in [5.41, 5.74) is 2.54. The number of carbonyl (C=O) groups is 1. The Labute approximate surface area is 198 Å². The quantitative estimate of drug-likeness (QED) is 0.365. The standard InChI is InChI=1S/C27H26N6O/c34-20-33-18-17-28-19-27(33,23-13-7-15-25(31-23)29-21-9-3-1-4-10-21)24-14-8-16-26(32-24)30-22-11-5-2-6-12-22/h1-16,20,28H,17-19H2,(H,29,31)(H,30,32). The van der Waals surface area contributed by atoms with Gasteiger partial charge in [0.15, 0.2) is 0 Å². The number of pyridine rings is 2. The zero-order valence-electron chi connectivity index (χ0n) is 18.7. The van der Waals surface area contributed by atoms with Crippen molar-refractivity contribution in [2.75, 3.05) is 30.3 Å². The molecule has 0 spiro atoms. The number of nitrogens with zero attached hydrogens (tertiary/aromatic N) is 3. The first-order valence-corrected chi connectivity index (χ1v) is 11.3. The lowest BCUT2D eigenvalue weighted by molar-refractivity contribution is -0.124. The second-order valence-corrected chi connectivity index (χ2v) is 8.13. The normalized spacial score (nSPS) is 14.9. The van der Waals surface area contributed by atoms with Crippen LogP contribution < -0.4 is 16.0 Å². The fraction of sp³-hybridized carbons (Fsp3) is 0.148. The third-order valence-electron chi connectivity index (χ3n) is 5.97. The van der Waals surface area contributed by atoms with Gasteiger partial charge in [-0.3, -0.25) is 4.79 Å². The van der Waals surface area contributed by atoms with Crippen LogP contribution in [0.1, 0.15) is 11.4 Å². The molecule has 0 aliphatic carbocycles. The van der Waals surface area contributed by atoms with E-state index in [2.05, 4.69) is 16.0 Å². The van der Waals surface area contributed by atoms with Gasteiger partial charge < -0.3 is 20.9 Å². The number of nitrogens with one attached hydrogen (secondary N) is 3. The highest BCUT2D eigenvalue weighted by molar-refractivity contribution is 5.60. The molecule has 7 nitrogen and oxygen atoms in total. The number of anilines is 4. The maximum Gasteiger partial charge on any atom is 0.210 e. The van der Waals surface area contributed by atoms with Crippen molar-refractivity contribution in [1.29, 1.82) is 0 Å². The average molecular weight is 451 g/mol. The third kappa shape index (κ3) is 4.33. The van der Waals surface area contributed by atoms with E-state index in [0.717, 1.165) is 29.2 Å². The number of amides is 1. The lowest BCUT2D eigenvalue weighted by Crippen LogP contribution is -2.59. The summed E-state index contributed by atoms with van der Waals surface area (Å²) >= 11 is 0. The Morgan fingerprint density at radius 3 is 1.76 bits per heavy atom. The van der Waals surface area contributed by atoms with Gasteiger partial charge in [-0.25, -0.2) is 9.97 Å². The molecule has 0 saturated carbocycles. The van der Waals surface area contributed by atoms with Gasteiger partial charge in [0, 0.05) is 31.0 Å². The molecule has 0 atom stereocenters. The number of rotatable bonds is 7. The van der Waals surface area contributed by atoms with Crippen LogP contribution in [-0.4, -0.2) is 40.9 Å². The highest BCUT2D eigenvalue weighted by Gasteiger charge is 2.44. The summed E-state index contributed by atoms with van der Waals surface area (Å²) in [5.74, 6) is 1.41. The molecule has 4 aromatic rings. The number of carbonyl (C=O) groups excluding carboxylic acids is 1. The Morgan fingerprint density at radius 2 is 1.26 bits per heavy atom. The molecular formula is C27H26N6O. The van der Waals surface area contributed by atoms with Crippen molar-refractivity contribution < 1.29 is 4.79 Å². The first kappa shape index (κ1) is 21.6. The van der Waals surface area contributed by atoms with Gasteiger partial charge in [0.2, 0.25) is 6.41 Å². The van der Waals surface area contributed by atoms with Crippen LogP contribution in [0.4, 0.5) is 23.0 Å². The van der Waals surface area contributed by atoms with Gasteiger partial charge >= 0.3 is 0 Å². The summed E-state index contributed by atoms with van der Waals surface area (Å²) in [6.45, 7) is 1.78. The highest BCUT2D eigenvalue weighted by Crippen LogP contribution is 2.36. The predicted molar refractivity (Wildman–Crippen MR) is 134 cm³/mol. The van der Waals surface area contributed by atoms with Crippen molar-refractivity contribution in [3.05, 3.63) is 108 Å². The topological polar surface area (TPSA) is 82.2 Å². The molecular weight excluding hydrogens is 424 g/mol. The molecule has 5 rings (SSSR count). The number of hydrogen-bond donors (Lipinski definition) is 3. The van der Waals surface area contributed by atoms with Crippen LogP contribution in [0.3, 0.4) is 0 Å². The minimum Gasteiger partial charge on any atom is -0.340 e. The summed E-state index contributed by atoms with van der Waals surface area (Å²) in [6, 6.07) is 31.5. The van der Waals surface area contributed by atoms with E-state index >= 15 is 0 Å². The second-order valence-electron chi connectivity index (χ2n) is 8.13. The monoisotopic (exact) mass is 450 g/mol. The maximum absolute atomic E-state index is 12.3. The number of aromatic nitrogens is 2. The highest BCUT2D eigenvalue weighted by atomic mass is 16.1. The fourth-order valence-corrected chi connectivity index (χ4v) is 4.32. The Hall–Kier alpha value is -4.23. The first-order chi connectivity index (χ1) is 16.8. The number of para-hydroxylation sites is 2. The zero-order valence-corrected chi connectivity index (χ0v) is 18.7. The van der Waals surface area contributed by atoms with Gasteiger partial charge in [-0.05, 0) is 48.5 Å². The van der Waals surface area contributed by atoms with Gasteiger partial charge in [0.25, 0.3) is 0 Å². The average Bonchev–Trinajstić information content (AvgIpc) is 2.90. The van der Waals surface area contributed by atoms with E-state index in [9.17, 15) is 4.79 Å². The van der Waals surface area contributed by atoms with Gasteiger partial charge in [0.05, 0.1) is 11.4 Å². The first-order valence-electron chi connectivity index (χ1n) is 11.3. The van der Waals surface area contributed by atoms with Crippen molar-refractivity contribution in [3.63, 3.8) is 0 Å². The lowest BCUT2D eigenvalue weighted by atomic mass is 9.86. The minimum absolute atomic E-state index is 0.509. The van der Waals surface area contributed by atoms with Crippen LogP contribution in [0.15, 0.2) is 97.1 Å². The second kappa shape index (κ2) is 9.72. The van der Waals surface area contributed by atoms with Crippen molar-refractivity contribution >= 4 is 29.4 Å². The molecule has 0 unspecified atom stereocenters. The van der Waals surface area contributed by atoms with E-state index in [1.807, 2.05) is 97.1 Å². The summed E-state index contributed by atoms with van der Waals surface area (Å²) in [7, 11) is 0. The molecule has 2 aromatic carbocycles. The lowest BCUT2D eigenvalue weighted by Gasteiger charge is -2.44. The molecule has 0 bridgehead atoms. The molecule has 1 fully saturated rings. The predicted octanol–water partition coefficient (Wildman–Crippen LogP) is 4.27. The number of hydrogen-bond acceptors (Lipinski definition) is 6. The van der Waals surface area contributed by atoms with E-state index in [-0.39, 0.29) is 0 Å². The molecule has 1 amide bonds. The van der Waals surface area contributed by atoms with Crippen LogP contribution in [0.2, 0.25) is 0 Å². The van der Waals surface area contributed by atoms with Crippen LogP contribution in [-0.2, 0) is 10.3 Å². The summed E-state index contributed by atoms with van der Waals surface area (Å²) in [4.78, 5) is 24.0. The molecule has 7 heteroatoms. The minimum atomic E-state index is -0.844. The van der Waals surface area contributed by atoms with E-state index in [1.54, 1.807) is 4.90 Å². The SMILES string of the molecule is O=CN1CCNCC1(c1cccc(Nc2ccccc2)n1)c1cccc(Nc2ccccc2)n1. The summed E-state index contributed by atoms with van der Waals surface area (Å²) in [5, 5.41) is 10.2. The van der Waals surface area contributed by atoms with E-state index in [1.165, 1.54) is 0 Å². The van der Waals surface area contributed by atoms with Crippen LogP contribution >= 0.6 is 0 Å². The molecule has 170 valence electrons. The van der Waals surface area contributed by atoms with E-state index in [0.29, 0.717) is 31.3 Å². The Kier molecular flexibility index (Phi) is 6.18. The number of piperazine rings is 1. The zero-order chi connectivity index (χ0) is 23.2. The van der Waals surface area contributed by atoms with Gasteiger partial charge in [0.1, 0.15) is 17.2 Å². The van der Waals surface area contributed by atoms with Gasteiger partial charge in [-0.1, -0.05) is 48.5 Å². The van der Waals surface area contributed by atoms with Crippen LogP contribution in [0.25, 0.3) is 0 Å². The summed E-state index contributed by atoms with van der Waals surface area (Å²) in [6.07, 6.45) is 0.902. The van der Waals surface area contributed by atoms with Gasteiger partial charge in [-0.15, -0.1) is 0 Å². The molecule has 1 aliphatic heterocycles. The van der Waals surface area contributed by atoms with Crippen LogP contribution in [0, 0.1) is 0 Å². The smallest absolute Gasteiger partial charge is 0.210 e. The van der Waals surface area contributed by atoms with Gasteiger partial charge in [-0.2, -0.15) is 0 Å². The molecule has 3 N–H and O–H groups in total. The van der Waals surface area contributed by atoms with Crippen molar-refractivity contribution in [2.24, 2.45) is 0 Å². The van der Waals surface area contributed by atoms with E-state index in [4.69, 9.17) is 9.97 Å². The Morgan fingerprint density at radius 1 is 0.735 bits per heavy atom. The largest absolute Gasteiger partial charge is 0.340 e. The third-order valence-corrected chi connectivity index (χ3v) is 5.97. The fourth-order valence-electron chi connectivity index (χ4n) is 4.32. The van der Waals surface area contributed by atoms with Crippen LogP contribution in [0.5, 0.6) is 0 Å². The molecule has 2 aromatic heterocycles. The van der Waals surface area contributed by atoms with Crippen molar-refractivity contribution in [3.8, 4) is 0 Å². The molecule has 3 heterocycles. The molecule has 34 heavy (non-hydrogen) atoms. The van der Waals surface area contributed by atoms with Crippen molar-refractivity contribution in [2.45, 2.75) is 5.54 Å². The molecule has 1 aliphatic rings. The Balaban J connectivity index is 1.56. The Bertz CT molecular complexity index is 1160. The summed E-state index contributed by atoms with van der Waals surface area (Å²) < 4.78 is 0. The van der Waals surface area contributed by atoms with E-state index < -0.39 is 5.54 Å². The van der Waals surface area contributed by atoms with Crippen molar-refractivity contribution in [1.82, 2.24) is 20.2 Å².